The number of anilines is 1. The number of hydrogen-bond donors (Lipinski definition) is 1. The second-order valence-electron chi connectivity index (χ2n) is 7.76. The average molecular weight is 481 g/mol. The van der Waals surface area contributed by atoms with Gasteiger partial charge < -0.3 is 14.6 Å². The molecule has 0 atom stereocenters. The van der Waals surface area contributed by atoms with E-state index in [-0.39, 0.29) is 16.9 Å². The summed E-state index contributed by atoms with van der Waals surface area (Å²) in [7, 11) is 0. The summed E-state index contributed by atoms with van der Waals surface area (Å²) in [6, 6.07) is 4.55. The average Bonchev–Trinajstić information content (AvgIpc) is 3.19. The Labute approximate surface area is 192 Å². The molecule has 0 aliphatic heterocycles. The predicted octanol–water partition coefficient (Wildman–Crippen LogP) is 3.50. The fraction of sp³-hybridized carbons (Fsp3) is 0.455. The van der Waals surface area contributed by atoms with Gasteiger partial charge in [-0.3, -0.25) is 14.2 Å². The van der Waals surface area contributed by atoms with Gasteiger partial charge in [-0.05, 0) is 37.1 Å². The third kappa shape index (κ3) is 5.86. The van der Waals surface area contributed by atoms with E-state index in [1.165, 1.54) is 23.0 Å². The van der Waals surface area contributed by atoms with E-state index in [0.29, 0.717) is 19.5 Å². The lowest BCUT2D eigenvalue weighted by Crippen LogP contribution is -2.43. The molecule has 184 valence electrons. The molecule has 12 heteroatoms. The van der Waals surface area contributed by atoms with Crippen LogP contribution in [0.3, 0.4) is 0 Å². The van der Waals surface area contributed by atoms with Gasteiger partial charge in [-0.1, -0.05) is 26.7 Å². The van der Waals surface area contributed by atoms with E-state index in [2.05, 4.69) is 15.0 Å². The number of unbranched alkanes of at least 4 members (excludes halogenated alkanes) is 2. The van der Waals surface area contributed by atoms with Crippen molar-refractivity contribution in [3.8, 4) is 5.75 Å². The monoisotopic (exact) mass is 481 g/mol. The number of nitrogens with one attached hydrogen (secondary N) is 1. The highest BCUT2D eigenvalue weighted by atomic mass is 19.4. The quantitative estimate of drug-likeness (QED) is 0.478. The molecule has 1 N–H and O–H groups in total. The van der Waals surface area contributed by atoms with Crippen LogP contribution in [0.25, 0.3) is 11.2 Å². The van der Waals surface area contributed by atoms with Crippen molar-refractivity contribution in [3.05, 3.63) is 51.4 Å². The first-order valence-corrected chi connectivity index (χ1v) is 11.0. The van der Waals surface area contributed by atoms with E-state index in [4.69, 9.17) is 0 Å². The molecule has 3 aromatic rings. The smallest absolute Gasteiger partial charge is 0.406 e. The summed E-state index contributed by atoms with van der Waals surface area (Å²) in [5, 5.41) is 2.48. The van der Waals surface area contributed by atoms with E-state index in [9.17, 15) is 27.6 Å². The Morgan fingerprint density at radius 2 is 1.68 bits per heavy atom. The van der Waals surface area contributed by atoms with E-state index in [1.54, 1.807) is 4.57 Å². The van der Waals surface area contributed by atoms with Crippen LogP contribution in [0.1, 0.15) is 39.5 Å². The summed E-state index contributed by atoms with van der Waals surface area (Å²) in [5.41, 5.74) is -0.531. The van der Waals surface area contributed by atoms with Crippen LogP contribution in [-0.4, -0.2) is 31.0 Å². The molecule has 0 bridgehead atoms. The number of alkyl halides is 3. The Hall–Kier alpha value is -3.57. The van der Waals surface area contributed by atoms with Gasteiger partial charge >= 0.3 is 12.1 Å². The Morgan fingerprint density at radius 1 is 1.03 bits per heavy atom. The fourth-order valence-electron chi connectivity index (χ4n) is 3.48. The zero-order valence-corrected chi connectivity index (χ0v) is 18.9. The maximum absolute atomic E-state index is 13.2. The minimum absolute atomic E-state index is 0.188. The van der Waals surface area contributed by atoms with Gasteiger partial charge in [0.2, 0.25) is 5.91 Å². The van der Waals surface area contributed by atoms with Crippen molar-refractivity contribution in [2.24, 2.45) is 0 Å². The summed E-state index contributed by atoms with van der Waals surface area (Å²) in [4.78, 5) is 43.1. The molecular formula is C22H26F3N5O4. The van der Waals surface area contributed by atoms with Gasteiger partial charge in [-0.25, -0.2) is 14.3 Å². The zero-order valence-electron chi connectivity index (χ0n) is 18.9. The Kier molecular flexibility index (Phi) is 7.79. The van der Waals surface area contributed by atoms with Crippen LogP contribution in [-0.2, 0) is 24.4 Å². The summed E-state index contributed by atoms with van der Waals surface area (Å²) in [5.74, 6) is -1.11. The molecule has 2 heterocycles. The van der Waals surface area contributed by atoms with E-state index in [1.807, 2.05) is 13.8 Å². The molecule has 9 nitrogen and oxygen atoms in total. The van der Waals surface area contributed by atoms with Crippen molar-refractivity contribution in [2.45, 2.75) is 65.5 Å². The molecule has 2 aromatic heterocycles. The molecule has 1 amide bonds. The molecule has 0 spiro atoms. The molecule has 0 aliphatic carbocycles. The third-order valence-electron chi connectivity index (χ3n) is 5.14. The summed E-state index contributed by atoms with van der Waals surface area (Å²) < 4.78 is 44.7. The Morgan fingerprint density at radius 3 is 2.29 bits per heavy atom. The Bertz CT molecular complexity index is 1260. The third-order valence-corrected chi connectivity index (χ3v) is 5.14. The number of hydrogen-bond acceptors (Lipinski definition) is 5. The number of ether oxygens (including phenoxy) is 1. The molecular weight excluding hydrogens is 455 g/mol. The number of amides is 1. The number of fused-ring (bicyclic) bond motifs is 1. The van der Waals surface area contributed by atoms with E-state index in [0.717, 1.165) is 36.0 Å². The lowest BCUT2D eigenvalue weighted by Gasteiger charge is -2.13. The van der Waals surface area contributed by atoms with Crippen molar-refractivity contribution in [2.75, 3.05) is 5.32 Å². The molecule has 3 rings (SSSR count). The maximum atomic E-state index is 13.2. The number of halogens is 3. The van der Waals surface area contributed by atoms with Crippen molar-refractivity contribution < 1.29 is 22.7 Å². The highest BCUT2D eigenvalue weighted by Crippen LogP contribution is 2.24. The Balaban J connectivity index is 1.90. The van der Waals surface area contributed by atoms with E-state index < -0.39 is 35.8 Å². The van der Waals surface area contributed by atoms with Crippen LogP contribution >= 0.6 is 0 Å². The van der Waals surface area contributed by atoms with Crippen molar-refractivity contribution in [1.29, 1.82) is 0 Å². The fourth-order valence-corrected chi connectivity index (χ4v) is 3.48. The molecule has 0 radical (unpaired) electrons. The van der Waals surface area contributed by atoms with Gasteiger partial charge in [0, 0.05) is 18.8 Å². The largest absolute Gasteiger partial charge is 0.573 e. The zero-order chi connectivity index (χ0) is 24.9. The van der Waals surface area contributed by atoms with Gasteiger partial charge in [0.05, 0.1) is 6.33 Å². The minimum atomic E-state index is -4.83. The summed E-state index contributed by atoms with van der Waals surface area (Å²) in [6.07, 6.45) is -0.0811. The standard InChI is InChI=1S/C22H26F3N5O4/c1-3-5-11-28-14-26-19-18(28)20(32)30(21(33)29(19)12-6-4-2)13-17(31)27-15-7-9-16(10-8-15)34-22(23,24)25/h7-10,14H,3-6,11-13H2,1-2H3,(H,27,31). The molecule has 0 fully saturated rings. The highest BCUT2D eigenvalue weighted by molar-refractivity contribution is 5.90. The number of aryl methyl sites for hydroxylation is 2. The van der Waals surface area contributed by atoms with Crippen LogP contribution in [0.15, 0.2) is 40.2 Å². The highest BCUT2D eigenvalue weighted by Gasteiger charge is 2.31. The van der Waals surface area contributed by atoms with Gasteiger partial charge in [0.15, 0.2) is 11.2 Å². The normalized spacial score (nSPS) is 11.7. The maximum Gasteiger partial charge on any atom is 0.573 e. The van der Waals surface area contributed by atoms with Gasteiger partial charge in [-0.15, -0.1) is 13.2 Å². The number of imidazole rings is 1. The predicted molar refractivity (Wildman–Crippen MR) is 120 cm³/mol. The lowest BCUT2D eigenvalue weighted by molar-refractivity contribution is -0.274. The van der Waals surface area contributed by atoms with Crippen LogP contribution in [0.4, 0.5) is 18.9 Å². The molecule has 34 heavy (non-hydrogen) atoms. The SMILES string of the molecule is CCCCn1cnc2c1c(=O)n(CC(=O)Nc1ccc(OC(F)(F)F)cc1)c(=O)n2CCCC. The van der Waals surface area contributed by atoms with Gasteiger partial charge in [0.25, 0.3) is 5.56 Å². The van der Waals surface area contributed by atoms with Crippen molar-refractivity contribution >= 4 is 22.8 Å². The lowest BCUT2D eigenvalue weighted by atomic mass is 10.3. The molecule has 0 saturated heterocycles. The first kappa shape index (κ1) is 25.1. The topological polar surface area (TPSA) is 100 Å². The molecule has 0 unspecified atom stereocenters. The first-order valence-electron chi connectivity index (χ1n) is 11.0. The number of nitrogens with zero attached hydrogens (tertiary/aromatic N) is 4. The van der Waals surface area contributed by atoms with Gasteiger partial charge in [-0.2, -0.15) is 0 Å². The van der Waals surface area contributed by atoms with Crippen molar-refractivity contribution in [1.82, 2.24) is 18.7 Å². The van der Waals surface area contributed by atoms with Crippen LogP contribution < -0.4 is 21.3 Å². The van der Waals surface area contributed by atoms with Crippen LogP contribution in [0.5, 0.6) is 5.75 Å². The number of rotatable bonds is 10. The number of benzene rings is 1. The first-order chi connectivity index (χ1) is 16.1. The second kappa shape index (κ2) is 10.6. The minimum Gasteiger partial charge on any atom is -0.406 e. The summed E-state index contributed by atoms with van der Waals surface area (Å²) >= 11 is 0. The second-order valence-corrected chi connectivity index (χ2v) is 7.76. The summed E-state index contributed by atoms with van der Waals surface area (Å²) in [6.45, 7) is 4.32. The number of carbonyl (C=O) groups excluding carboxylic acids is 1. The van der Waals surface area contributed by atoms with Crippen molar-refractivity contribution in [3.63, 3.8) is 0 Å². The molecule has 1 aromatic carbocycles. The van der Waals surface area contributed by atoms with E-state index >= 15 is 0 Å². The molecule has 0 aliphatic rings. The number of carbonyl (C=O) groups is 1. The van der Waals surface area contributed by atoms with Crippen LogP contribution in [0, 0.1) is 0 Å². The number of aromatic nitrogens is 4. The van der Waals surface area contributed by atoms with Gasteiger partial charge in [0.1, 0.15) is 12.3 Å². The molecule has 0 saturated carbocycles. The van der Waals surface area contributed by atoms with Crippen LogP contribution in [0.2, 0.25) is 0 Å².